The van der Waals surface area contributed by atoms with E-state index in [0.29, 0.717) is 0 Å². The average Bonchev–Trinajstić information content (AvgIpc) is 2.37. The van der Waals surface area contributed by atoms with Crippen molar-refractivity contribution in [3.8, 4) is 0 Å². The van der Waals surface area contributed by atoms with Gasteiger partial charge in [0.05, 0.1) is 18.4 Å². The summed E-state index contributed by atoms with van der Waals surface area (Å²) in [5, 5.41) is 16.0. The van der Waals surface area contributed by atoms with Crippen molar-refractivity contribution in [3.05, 3.63) is 35.6 Å². The number of aliphatic hydroxyl groups is 1. The number of halogens is 1. The summed E-state index contributed by atoms with van der Waals surface area (Å²) in [6.07, 6.45) is 5.32. The molecule has 0 bridgehead atoms. The van der Waals surface area contributed by atoms with E-state index in [2.05, 4.69) is 5.10 Å². The maximum absolute atomic E-state index is 13.0. The molecule has 0 unspecified atom stereocenters. The maximum atomic E-state index is 13.0. The van der Waals surface area contributed by atoms with Gasteiger partial charge in [0.1, 0.15) is 5.82 Å². The fraction of sp³-hybridized carbons (Fsp3) is 0.500. The van der Waals surface area contributed by atoms with E-state index in [1.807, 2.05) is 7.05 Å². The highest BCUT2D eigenvalue weighted by Gasteiger charge is 2.25. The Morgan fingerprint density at radius 1 is 1.39 bits per heavy atom. The summed E-state index contributed by atoms with van der Waals surface area (Å²) in [6.45, 7) is 0. The number of hydrazone groups is 1. The van der Waals surface area contributed by atoms with Gasteiger partial charge in [0, 0.05) is 7.05 Å². The Bertz CT molecular complexity index is 422. The van der Waals surface area contributed by atoms with Gasteiger partial charge in [-0.2, -0.15) is 5.10 Å². The van der Waals surface area contributed by atoms with Gasteiger partial charge in [-0.3, -0.25) is 5.01 Å². The number of rotatable bonds is 3. The summed E-state index contributed by atoms with van der Waals surface area (Å²) >= 11 is 0. The number of hydrogen-bond acceptors (Lipinski definition) is 3. The van der Waals surface area contributed by atoms with E-state index in [-0.39, 0.29) is 18.0 Å². The van der Waals surface area contributed by atoms with Gasteiger partial charge in [0.25, 0.3) is 0 Å². The van der Waals surface area contributed by atoms with E-state index >= 15 is 0 Å². The average molecular weight is 250 g/mol. The van der Waals surface area contributed by atoms with Crippen LogP contribution >= 0.6 is 0 Å². The molecule has 1 fully saturated rings. The first kappa shape index (κ1) is 13.0. The predicted molar refractivity (Wildman–Crippen MR) is 70.0 cm³/mol. The van der Waals surface area contributed by atoms with E-state index in [1.54, 1.807) is 23.4 Å². The smallest absolute Gasteiger partial charge is 0.123 e. The SMILES string of the molecule is CN(/N=C/c1cccc(F)c1)[C@H]1CCCC[C@@H]1O. The summed E-state index contributed by atoms with van der Waals surface area (Å²) in [4.78, 5) is 0. The van der Waals surface area contributed by atoms with Crippen LogP contribution in [0.3, 0.4) is 0 Å². The predicted octanol–water partition coefficient (Wildman–Crippen LogP) is 2.39. The van der Waals surface area contributed by atoms with Crippen LogP contribution in [0.2, 0.25) is 0 Å². The molecule has 1 aromatic carbocycles. The van der Waals surface area contributed by atoms with Crippen LogP contribution in [0.25, 0.3) is 0 Å². The first-order chi connectivity index (χ1) is 8.66. The van der Waals surface area contributed by atoms with Crippen molar-refractivity contribution >= 4 is 6.21 Å². The van der Waals surface area contributed by atoms with Crippen LogP contribution in [-0.2, 0) is 0 Å². The number of aliphatic hydroxyl groups excluding tert-OH is 1. The highest BCUT2D eigenvalue weighted by molar-refractivity contribution is 5.79. The van der Waals surface area contributed by atoms with Gasteiger partial charge >= 0.3 is 0 Å². The highest BCUT2D eigenvalue weighted by Crippen LogP contribution is 2.22. The largest absolute Gasteiger partial charge is 0.391 e. The molecule has 2 rings (SSSR count). The van der Waals surface area contributed by atoms with Gasteiger partial charge < -0.3 is 5.11 Å². The van der Waals surface area contributed by atoms with Crippen LogP contribution in [0, 0.1) is 5.82 Å². The fourth-order valence-electron chi connectivity index (χ4n) is 2.36. The van der Waals surface area contributed by atoms with Crippen molar-refractivity contribution in [1.82, 2.24) is 5.01 Å². The molecular weight excluding hydrogens is 231 g/mol. The first-order valence-electron chi connectivity index (χ1n) is 6.37. The third kappa shape index (κ3) is 3.29. The maximum Gasteiger partial charge on any atom is 0.123 e. The minimum atomic E-state index is -0.312. The van der Waals surface area contributed by atoms with Crippen LogP contribution in [0.15, 0.2) is 29.4 Å². The van der Waals surface area contributed by atoms with Gasteiger partial charge in [0.2, 0.25) is 0 Å². The lowest BCUT2D eigenvalue weighted by molar-refractivity contribution is 0.0338. The lowest BCUT2D eigenvalue weighted by Crippen LogP contribution is -2.40. The van der Waals surface area contributed by atoms with Crippen LogP contribution in [0.5, 0.6) is 0 Å². The lowest BCUT2D eigenvalue weighted by Gasteiger charge is -2.33. The molecule has 4 heteroatoms. The molecule has 1 aromatic rings. The van der Waals surface area contributed by atoms with Crippen molar-refractivity contribution in [2.75, 3.05) is 7.05 Å². The molecule has 1 aliphatic rings. The Balaban J connectivity index is 1.99. The molecule has 0 saturated heterocycles. The minimum Gasteiger partial charge on any atom is -0.391 e. The van der Waals surface area contributed by atoms with E-state index in [0.717, 1.165) is 31.2 Å². The lowest BCUT2D eigenvalue weighted by atomic mass is 9.92. The Kier molecular flexibility index (Phi) is 4.31. The summed E-state index contributed by atoms with van der Waals surface area (Å²) in [7, 11) is 1.86. The zero-order valence-electron chi connectivity index (χ0n) is 10.6. The van der Waals surface area contributed by atoms with Gasteiger partial charge in [-0.15, -0.1) is 0 Å². The summed E-state index contributed by atoms with van der Waals surface area (Å²) < 4.78 is 13.0. The third-order valence-electron chi connectivity index (χ3n) is 3.41. The molecule has 0 amide bonds. The van der Waals surface area contributed by atoms with Crippen LogP contribution < -0.4 is 0 Å². The number of likely N-dealkylation sites (N-methyl/N-ethyl adjacent to an activating group) is 1. The number of benzene rings is 1. The quantitative estimate of drug-likeness (QED) is 0.660. The zero-order chi connectivity index (χ0) is 13.0. The van der Waals surface area contributed by atoms with Crippen molar-refractivity contribution in [1.29, 1.82) is 0 Å². The molecule has 0 radical (unpaired) electrons. The fourth-order valence-corrected chi connectivity index (χ4v) is 2.36. The Morgan fingerprint density at radius 3 is 2.89 bits per heavy atom. The molecule has 0 aromatic heterocycles. The molecule has 0 aliphatic heterocycles. The van der Waals surface area contributed by atoms with Gasteiger partial charge in [-0.25, -0.2) is 4.39 Å². The molecule has 0 spiro atoms. The monoisotopic (exact) mass is 250 g/mol. The van der Waals surface area contributed by atoms with E-state index < -0.39 is 0 Å². The van der Waals surface area contributed by atoms with E-state index in [9.17, 15) is 9.50 Å². The molecule has 1 N–H and O–H groups in total. The Hall–Kier alpha value is -1.42. The molecular formula is C14H19FN2O. The normalized spacial score (nSPS) is 24.4. The number of nitrogens with zero attached hydrogens (tertiary/aromatic N) is 2. The second-order valence-corrected chi connectivity index (χ2v) is 4.79. The summed E-state index contributed by atoms with van der Waals surface area (Å²) in [5.41, 5.74) is 0.729. The number of hydrogen-bond donors (Lipinski definition) is 1. The van der Waals surface area contributed by atoms with Crippen LogP contribution in [-0.4, -0.2) is 35.5 Å². The zero-order valence-corrected chi connectivity index (χ0v) is 10.6. The first-order valence-corrected chi connectivity index (χ1v) is 6.37. The highest BCUT2D eigenvalue weighted by atomic mass is 19.1. The Labute approximate surface area is 107 Å². The minimum absolute atomic E-state index is 0.0727. The van der Waals surface area contributed by atoms with Crippen molar-refractivity contribution in [2.24, 2.45) is 5.10 Å². The molecule has 1 saturated carbocycles. The van der Waals surface area contributed by atoms with Crippen LogP contribution in [0.1, 0.15) is 31.2 Å². The molecule has 1 aliphatic carbocycles. The summed E-state index contributed by atoms with van der Waals surface area (Å²) in [5.74, 6) is -0.265. The second-order valence-electron chi connectivity index (χ2n) is 4.79. The third-order valence-corrected chi connectivity index (χ3v) is 3.41. The molecule has 3 nitrogen and oxygen atoms in total. The Morgan fingerprint density at radius 2 is 2.17 bits per heavy atom. The van der Waals surface area contributed by atoms with Gasteiger partial charge in [-0.1, -0.05) is 25.0 Å². The van der Waals surface area contributed by atoms with Crippen molar-refractivity contribution < 1.29 is 9.50 Å². The van der Waals surface area contributed by atoms with Crippen LogP contribution in [0.4, 0.5) is 4.39 Å². The molecule has 2 atom stereocenters. The van der Waals surface area contributed by atoms with E-state index in [1.165, 1.54) is 12.1 Å². The molecule has 0 heterocycles. The topological polar surface area (TPSA) is 35.8 Å². The van der Waals surface area contributed by atoms with Crippen molar-refractivity contribution in [2.45, 2.75) is 37.8 Å². The summed E-state index contributed by atoms with van der Waals surface area (Å²) in [6, 6.07) is 6.38. The van der Waals surface area contributed by atoms with Gasteiger partial charge in [0.15, 0.2) is 0 Å². The molecule has 98 valence electrons. The van der Waals surface area contributed by atoms with Gasteiger partial charge in [-0.05, 0) is 30.5 Å². The second kappa shape index (κ2) is 5.96. The van der Waals surface area contributed by atoms with E-state index in [4.69, 9.17) is 0 Å². The standard InChI is InChI=1S/C14H19FN2O/c1-17(13-7-2-3-8-14(13)18)16-10-11-5-4-6-12(15)9-11/h4-6,9-10,13-14,18H,2-3,7-8H2,1H3/b16-10+/t13-,14-/m0/s1. The van der Waals surface area contributed by atoms with Crippen molar-refractivity contribution in [3.63, 3.8) is 0 Å². The molecule has 18 heavy (non-hydrogen) atoms.